The molecule has 3 heteroatoms. The molecule has 1 N–H and O–H groups in total. The zero-order valence-corrected chi connectivity index (χ0v) is 8.92. The van der Waals surface area contributed by atoms with Gasteiger partial charge in [-0.05, 0) is 19.3 Å². The van der Waals surface area contributed by atoms with Crippen molar-refractivity contribution < 1.29 is 14.6 Å². The molecule has 1 fully saturated rings. The van der Waals surface area contributed by atoms with E-state index < -0.39 is 5.60 Å². The van der Waals surface area contributed by atoms with Gasteiger partial charge < -0.3 is 9.84 Å². The molecule has 0 aromatic heterocycles. The van der Waals surface area contributed by atoms with E-state index in [0.29, 0.717) is 19.4 Å². The first kappa shape index (κ1) is 11.7. The van der Waals surface area contributed by atoms with Gasteiger partial charge in [0.25, 0.3) is 0 Å². The van der Waals surface area contributed by atoms with Crippen LogP contribution in [0.5, 0.6) is 0 Å². The van der Waals surface area contributed by atoms with Crippen molar-refractivity contribution in [3.8, 4) is 0 Å². The summed E-state index contributed by atoms with van der Waals surface area (Å²) in [5, 5.41) is 10.0. The lowest BCUT2D eigenvalue weighted by atomic mass is 9.82. The van der Waals surface area contributed by atoms with Crippen LogP contribution in [-0.2, 0) is 9.53 Å². The largest absolute Gasteiger partial charge is 0.382 e. The summed E-state index contributed by atoms with van der Waals surface area (Å²) in [6.07, 6.45) is 5.17. The number of aliphatic hydroxyl groups is 1. The molecule has 0 unspecified atom stereocenters. The van der Waals surface area contributed by atoms with Gasteiger partial charge >= 0.3 is 0 Å². The van der Waals surface area contributed by atoms with E-state index in [-0.39, 0.29) is 12.4 Å². The van der Waals surface area contributed by atoms with Crippen LogP contribution in [0.25, 0.3) is 0 Å². The maximum Gasteiger partial charge on any atom is 0.189 e. The Morgan fingerprint density at radius 3 is 2.57 bits per heavy atom. The third-order valence-electron chi connectivity index (χ3n) is 2.78. The van der Waals surface area contributed by atoms with Crippen LogP contribution < -0.4 is 0 Å². The molecule has 0 heterocycles. The first-order valence-corrected chi connectivity index (χ1v) is 5.52. The van der Waals surface area contributed by atoms with Crippen LogP contribution in [-0.4, -0.2) is 29.7 Å². The summed E-state index contributed by atoms with van der Waals surface area (Å²) >= 11 is 0. The molecule has 14 heavy (non-hydrogen) atoms. The summed E-state index contributed by atoms with van der Waals surface area (Å²) in [5.41, 5.74) is -1.08. The molecule has 1 aliphatic rings. The van der Waals surface area contributed by atoms with Gasteiger partial charge in [-0.25, -0.2) is 0 Å². The summed E-state index contributed by atoms with van der Waals surface area (Å²) in [4.78, 5) is 11.6. The minimum atomic E-state index is -1.08. The highest BCUT2D eigenvalue weighted by atomic mass is 16.5. The van der Waals surface area contributed by atoms with Gasteiger partial charge in [-0.15, -0.1) is 0 Å². The molecule has 0 radical (unpaired) electrons. The predicted molar refractivity (Wildman–Crippen MR) is 54.2 cm³/mol. The summed E-state index contributed by atoms with van der Waals surface area (Å²) in [6, 6.07) is 0. The van der Waals surface area contributed by atoms with Crippen LogP contribution >= 0.6 is 0 Å². The van der Waals surface area contributed by atoms with Gasteiger partial charge in [0.05, 0.1) is 0 Å². The second kappa shape index (κ2) is 5.47. The molecule has 0 aliphatic heterocycles. The topological polar surface area (TPSA) is 46.5 Å². The predicted octanol–water partition coefficient (Wildman–Crippen LogP) is 1.68. The Bertz CT molecular complexity index is 183. The molecule has 0 aromatic carbocycles. The summed E-state index contributed by atoms with van der Waals surface area (Å²) in [5.74, 6) is -0.134. The second-order valence-corrected chi connectivity index (χ2v) is 4.07. The van der Waals surface area contributed by atoms with Crippen molar-refractivity contribution in [1.29, 1.82) is 0 Å². The minimum Gasteiger partial charge on any atom is -0.382 e. The van der Waals surface area contributed by atoms with Gasteiger partial charge in [0.2, 0.25) is 0 Å². The molecule has 0 aromatic rings. The average Bonchev–Trinajstić information content (AvgIpc) is 2.19. The minimum absolute atomic E-state index is 0.0737. The van der Waals surface area contributed by atoms with Gasteiger partial charge in [0.1, 0.15) is 12.2 Å². The fraction of sp³-hybridized carbons (Fsp3) is 0.909. The Balaban J connectivity index is 2.33. The number of carbonyl (C=O) groups is 1. The molecular formula is C11H20O3. The van der Waals surface area contributed by atoms with Gasteiger partial charge in [0.15, 0.2) is 5.78 Å². The molecule has 0 bridgehead atoms. The maximum absolute atomic E-state index is 11.6. The van der Waals surface area contributed by atoms with E-state index in [1.807, 2.05) is 6.92 Å². The van der Waals surface area contributed by atoms with Crippen LogP contribution in [0.3, 0.4) is 0 Å². The van der Waals surface area contributed by atoms with Crippen LogP contribution in [0.2, 0.25) is 0 Å². The van der Waals surface area contributed by atoms with Crippen molar-refractivity contribution in [2.45, 2.75) is 51.0 Å². The van der Waals surface area contributed by atoms with Crippen LogP contribution in [0.4, 0.5) is 0 Å². The lowest BCUT2D eigenvalue weighted by molar-refractivity contribution is -0.145. The standard InChI is InChI=1S/C11H20O3/c1-2-8-14-9-10(12)11(13)6-4-3-5-7-11/h13H,2-9H2,1H3. The maximum atomic E-state index is 11.6. The van der Waals surface area contributed by atoms with Gasteiger partial charge in [-0.2, -0.15) is 0 Å². The third kappa shape index (κ3) is 3.07. The molecule has 1 rings (SSSR count). The van der Waals surface area contributed by atoms with E-state index in [1.54, 1.807) is 0 Å². The van der Waals surface area contributed by atoms with E-state index in [2.05, 4.69) is 0 Å². The lowest BCUT2D eigenvalue weighted by Crippen LogP contribution is -2.42. The highest BCUT2D eigenvalue weighted by molar-refractivity contribution is 5.88. The van der Waals surface area contributed by atoms with E-state index in [9.17, 15) is 9.90 Å². The van der Waals surface area contributed by atoms with Crippen LogP contribution in [0.1, 0.15) is 45.4 Å². The van der Waals surface area contributed by atoms with Crippen molar-refractivity contribution in [2.75, 3.05) is 13.2 Å². The molecule has 3 nitrogen and oxygen atoms in total. The third-order valence-corrected chi connectivity index (χ3v) is 2.78. The summed E-state index contributed by atoms with van der Waals surface area (Å²) < 4.78 is 5.15. The van der Waals surface area contributed by atoms with E-state index in [0.717, 1.165) is 25.7 Å². The van der Waals surface area contributed by atoms with Gasteiger partial charge in [-0.1, -0.05) is 26.2 Å². The molecule has 0 spiro atoms. The highest BCUT2D eigenvalue weighted by Gasteiger charge is 2.36. The van der Waals surface area contributed by atoms with Crippen molar-refractivity contribution in [3.63, 3.8) is 0 Å². The normalized spacial score (nSPS) is 20.7. The molecule has 1 saturated carbocycles. The number of carbonyl (C=O) groups excluding carboxylic acids is 1. The van der Waals surface area contributed by atoms with Crippen molar-refractivity contribution >= 4 is 5.78 Å². The molecular weight excluding hydrogens is 180 g/mol. The average molecular weight is 200 g/mol. The lowest BCUT2D eigenvalue weighted by Gasteiger charge is -2.30. The molecule has 0 amide bonds. The number of ketones is 1. The van der Waals surface area contributed by atoms with Crippen LogP contribution in [0, 0.1) is 0 Å². The number of rotatable bonds is 5. The fourth-order valence-electron chi connectivity index (χ4n) is 1.86. The molecule has 82 valence electrons. The van der Waals surface area contributed by atoms with Crippen molar-refractivity contribution in [1.82, 2.24) is 0 Å². The van der Waals surface area contributed by atoms with E-state index in [4.69, 9.17) is 4.74 Å². The SMILES string of the molecule is CCCOCC(=O)C1(O)CCCCC1. The van der Waals surface area contributed by atoms with Crippen molar-refractivity contribution in [3.05, 3.63) is 0 Å². The van der Waals surface area contributed by atoms with E-state index in [1.165, 1.54) is 0 Å². The van der Waals surface area contributed by atoms with E-state index >= 15 is 0 Å². The highest BCUT2D eigenvalue weighted by Crippen LogP contribution is 2.28. The number of hydrogen-bond acceptors (Lipinski definition) is 3. The van der Waals surface area contributed by atoms with Crippen LogP contribution in [0.15, 0.2) is 0 Å². The summed E-state index contributed by atoms with van der Waals surface area (Å²) in [7, 11) is 0. The summed E-state index contributed by atoms with van der Waals surface area (Å²) in [6.45, 7) is 2.67. The Kier molecular flexibility index (Phi) is 4.55. The Morgan fingerprint density at radius 1 is 1.36 bits per heavy atom. The Labute approximate surface area is 85.5 Å². The van der Waals surface area contributed by atoms with Crippen molar-refractivity contribution in [2.24, 2.45) is 0 Å². The number of Topliss-reactive ketones (excluding diaryl/α,β-unsaturated/α-hetero) is 1. The van der Waals surface area contributed by atoms with Gasteiger partial charge in [-0.3, -0.25) is 4.79 Å². The monoisotopic (exact) mass is 200 g/mol. The second-order valence-electron chi connectivity index (χ2n) is 4.07. The quantitative estimate of drug-likeness (QED) is 0.687. The zero-order valence-electron chi connectivity index (χ0n) is 8.92. The molecule has 0 saturated heterocycles. The zero-order chi connectivity index (χ0) is 10.4. The van der Waals surface area contributed by atoms with Gasteiger partial charge in [0, 0.05) is 6.61 Å². The first-order valence-electron chi connectivity index (χ1n) is 5.52. The smallest absolute Gasteiger partial charge is 0.189 e. The molecule has 0 atom stereocenters. The number of hydrogen-bond donors (Lipinski definition) is 1. The molecule has 1 aliphatic carbocycles. The Morgan fingerprint density at radius 2 is 2.00 bits per heavy atom. The first-order chi connectivity index (χ1) is 6.69. The fourth-order valence-corrected chi connectivity index (χ4v) is 1.86. The number of ether oxygens (including phenoxy) is 1. The Hall–Kier alpha value is -0.410.